The van der Waals surface area contributed by atoms with Crippen molar-refractivity contribution < 1.29 is 19.0 Å². The second-order valence-electron chi connectivity index (χ2n) is 3.64. The van der Waals surface area contributed by atoms with Crippen molar-refractivity contribution >= 4 is 5.97 Å². The molecule has 94 valence electrons. The fourth-order valence-electron chi connectivity index (χ4n) is 1.47. The molecule has 0 aliphatic carbocycles. The summed E-state index contributed by atoms with van der Waals surface area (Å²) >= 11 is 0. The largest absolute Gasteiger partial charge is 0.508 e. The highest BCUT2D eigenvalue weighted by atomic mass is 19.1. The highest BCUT2D eigenvalue weighted by molar-refractivity contribution is 5.75. The van der Waals surface area contributed by atoms with Gasteiger partial charge in [0.2, 0.25) is 0 Å². The summed E-state index contributed by atoms with van der Waals surface area (Å²) < 4.78 is 17.6. The topological polar surface area (TPSA) is 58.6 Å². The van der Waals surface area contributed by atoms with E-state index in [0.29, 0.717) is 12.0 Å². The number of hydrogen-bond acceptors (Lipinski definition) is 4. The molecule has 0 aromatic heterocycles. The molecular formula is C12H16FNO3. The van der Waals surface area contributed by atoms with Crippen LogP contribution in [-0.2, 0) is 16.1 Å². The minimum atomic E-state index is -0.456. The zero-order valence-electron chi connectivity index (χ0n) is 9.87. The highest BCUT2D eigenvalue weighted by Gasteiger charge is 2.16. The first-order chi connectivity index (χ1) is 8.08. The van der Waals surface area contributed by atoms with E-state index in [-0.39, 0.29) is 18.3 Å². The summed E-state index contributed by atoms with van der Waals surface area (Å²) in [5.74, 6) is -0.798. The van der Waals surface area contributed by atoms with Gasteiger partial charge in [-0.1, -0.05) is 6.92 Å². The molecule has 1 aromatic rings. The van der Waals surface area contributed by atoms with E-state index in [2.05, 4.69) is 10.1 Å². The summed E-state index contributed by atoms with van der Waals surface area (Å²) in [6.07, 6.45) is 0.558. The maximum absolute atomic E-state index is 12.9. The summed E-state index contributed by atoms with van der Waals surface area (Å²) in [6.45, 7) is 2.04. The van der Waals surface area contributed by atoms with Crippen LogP contribution >= 0.6 is 0 Å². The average molecular weight is 241 g/mol. The van der Waals surface area contributed by atoms with E-state index in [4.69, 9.17) is 0 Å². The lowest BCUT2D eigenvalue weighted by molar-refractivity contribution is -0.143. The number of benzene rings is 1. The molecule has 17 heavy (non-hydrogen) atoms. The summed E-state index contributed by atoms with van der Waals surface area (Å²) in [5, 5.41) is 12.4. The minimum absolute atomic E-state index is 0.00128. The number of hydrogen-bond donors (Lipinski definition) is 2. The van der Waals surface area contributed by atoms with Gasteiger partial charge in [0.1, 0.15) is 17.6 Å². The van der Waals surface area contributed by atoms with E-state index in [1.54, 1.807) is 0 Å². The first kappa shape index (κ1) is 13.4. The average Bonchev–Trinajstić information content (AvgIpc) is 2.33. The Morgan fingerprint density at radius 1 is 1.59 bits per heavy atom. The van der Waals surface area contributed by atoms with Crippen LogP contribution in [0.2, 0.25) is 0 Å². The number of phenolic OH excluding ortho intramolecular Hbond substituents is 1. The lowest BCUT2D eigenvalue weighted by Gasteiger charge is -2.14. The Bertz CT molecular complexity index is 395. The van der Waals surface area contributed by atoms with Crippen molar-refractivity contribution in [1.82, 2.24) is 5.32 Å². The number of aromatic hydroxyl groups is 1. The molecule has 1 atom stereocenters. The maximum atomic E-state index is 12.9. The second-order valence-corrected chi connectivity index (χ2v) is 3.64. The van der Waals surface area contributed by atoms with Gasteiger partial charge in [-0.15, -0.1) is 0 Å². The van der Waals surface area contributed by atoms with E-state index in [0.717, 1.165) is 0 Å². The van der Waals surface area contributed by atoms with E-state index in [1.165, 1.54) is 25.3 Å². The molecule has 0 spiro atoms. The predicted octanol–water partition coefficient (Wildman–Crippen LogP) is 1.57. The van der Waals surface area contributed by atoms with E-state index >= 15 is 0 Å². The monoisotopic (exact) mass is 241 g/mol. The summed E-state index contributed by atoms with van der Waals surface area (Å²) in [5.41, 5.74) is 0.410. The molecule has 1 unspecified atom stereocenters. The first-order valence-corrected chi connectivity index (χ1v) is 5.37. The van der Waals surface area contributed by atoms with Gasteiger partial charge in [-0.05, 0) is 24.6 Å². The number of carbonyl (C=O) groups excluding carboxylic acids is 1. The number of ether oxygens (including phenoxy) is 1. The molecule has 0 aliphatic rings. The summed E-state index contributed by atoms with van der Waals surface area (Å²) in [4.78, 5) is 11.3. The Morgan fingerprint density at radius 3 is 2.88 bits per heavy atom. The minimum Gasteiger partial charge on any atom is -0.508 e. The van der Waals surface area contributed by atoms with Crippen molar-refractivity contribution in [3.05, 3.63) is 29.6 Å². The molecule has 0 heterocycles. The fraction of sp³-hybridized carbons (Fsp3) is 0.417. The van der Waals surface area contributed by atoms with Crippen LogP contribution < -0.4 is 5.32 Å². The molecule has 5 heteroatoms. The number of carbonyl (C=O) groups is 1. The predicted molar refractivity (Wildman–Crippen MR) is 61.0 cm³/mol. The van der Waals surface area contributed by atoms with Crippen molar-refractivity contribution in [2.24, 2.45) is 0 Å². The smallest absolute Gasteiger partial charge is 0.322 e. The number of phenols is 1. The standard InChI is InChI=1S/C12H16FNO3/c1-3-10(12(16)17-2)14-7-8-6-9(13)4-5-11(8)15/h4-6,10,14-15H,3,7H2,1-2H3. The van der Waals surface area contributed by atoms with Gasteiger partial charge in [-0.25, -0.2) is 4.39 Å². The zero-order chi connectivity index (χ0) is 12.8. The molecule has 0 saturated carbocycles. The second kappa shape index (κ2) is 6.20. The van der Waals surface area contributed by atoms with Gasteiger partial charge in [-0.2, -0.15) is 0 Å². The molecule has 0 saturated heterocycles. The van der Waals surface area contributed by atoms with E-state index in [9.17, 15) is 14.3 Å². The van der Waals surface area contributed by atoms with Crippen LogP contribution in [0, 0.1) is 5.82 Å². The Labute approximate surface area is 99.4 Å². The molecule has 0 radical (unpaired) electrons. The van der Waals surface area contributed by atoms with Gasteiger partial charge < -0.3 is 15.2 Å². The van der Waals surface area contributed by atoms with Gasteiger partial charge in [0.25, 0.3) is 0 Å². The molecule has 4 nitrogen and oxygen atoms in total. The van der Waals surface area contributed by atoms with Crippen LogP contribution in [0.25, 0.3) is 0 Å². The Morgan fingerprint density at radius 2 is 2.29 bits per heavy atom. The maximum Gasteiger partial charge on any atom is 0.322 e. The Kier molecular flexibility index (Phi) is 4.90. The lowest BCUT2D eigenvalue weighted by Crippen LogP contribution is -2.36. The van der Waals surface area contributed by atoms with E-state index < -0.39 is 11.9 Å². The molecule has 1 aromatic carbocycles. The van der Waals surface area contributed by atoms with Crippen molar-refractivity contribution in [2.45, 2.75) is 25.9 Å². The lowest BCUT2D eigenvalue weighted by atomic mass is 10.1. The van der Waals surface area contributed by atoms with Crippen LogP contribution in [0.3, 0.4) is 0 Å². The van der Waals surface area contributed by atoms with Crippen LogP contribution in [0.1, 0.15) is 18.9 Å². The number of nitrogens with one attached hydrogen (secondary N) is 1. The zero-order valence-corrected chi connectivity index (χ0v) is 9.87. The van der Waals surface area contributed by atoms with Gasteiger partial charge in [0.15, 0.2) is 0 Å². The first-order valence-electron chi connectivity index (χ1n) is 5.37. The van der Waals surface area contributed by atoms with Gasteiger partial charge in [0.05, 0.1) is 7.11 Å². The summed E-state index contributed by atoms with van der Waals surface area (Å²) in [7, 11) is 1.31. The number of halogens is 1. The molecule has 0 fully saturated rings. The third-order valence-electron chi connectivity index (χ3n) is 2.47. The third kappa shape index (κ3) is 3.71. The van der Waals surface area contributed by atoms with Crippen LogP contribution in [-0.4, -0.2) is 24.2 Å². The quantitative estimate of drug-likeness (QED) is 0.768. The molecule has 0 amide bonds. The number of methoxy groups -OCH3 is 1. The van der Waals surface area contributed by atoms with Crippen molar-refractivity contribution in [3.8, 4) is 5.75 Å². The summed E-state index contributed by atoms with van der Waals surface area (Å²) in [6, 6.07) is 3.23. The number of rotatable bonds is 5. The fourth-order valence-corrected chi connectivity index (χ4v) is 1.47. The highest BCUT2D eigenvalue weighted by Crippen LogP contribution is 2.17. The number of esters is 1. The van der Waals surface area contributed by atoms with Crippen molar-refractivity contribution in [1.29, 1.82) is 0 Å². The molecule has 0 aliphatic heterocycles. The van der Waals surface area contributed by atoms with E-state index in [1.807, 2.05) is 6.92 Å². The van der Waals surface area contributed by atoms with Crippen molar-refractivity contribution in [2.75, 3.05) is 7.11 Å². The SMILES string of the molecule is CCC(NCc1cc(F)ccc1O)C(=O)OC. The van der Waals surface area contributed by atoms with Gasteiger partial charge in [0, 0.05) is 12.1 Å². The molecular weight excluding hydrogens is 225 g/mol. The van der Waals surface area contributed by atoms with Crippen molar-refractivity contribution in [3.63, 3.8) is 0 Å². The molecule has 1 rings (SSSR count). The molecule has 2 N–H and O–H groups in total. The van der Waals surface area contributed by atoms with Crippen LogP contribution in [0.4, 0.5) is 4.39 Å². The Hall–Kier alpha value is -1.62. The van der Waals surface area contributed by atoms with Gasteiger partial charge in [-0.3, -0.25) is 4.79 Å². The third-order valence-corrected chi connectivity index (χ3v) is 2.47. The molecule has 0 bridgehead atoms. The van der Waals surface area contributed by atoms with Crippen LogP contribution in [0.15, 0.2) is 18.2 Å². The van der Waals surface area contributed by atoms with Crippen LogP contribution in [0.5, 0.6) is 5.75 Å². The van der Waals surface area contributed by atoms with Gasteiger partial charge >= 0.3 is 5.97 Å². The Balaban J connectivity index is 2.65. The normalized spacial score (nSPS) is 12.2.